The number of aryl methyl sites for hydroxylation is 2. The number of nitrogens with two attached hydrogens (primary N) is 1. The summed E-state index contributed by atoms with van der Waals surface area (Å²) in [5.41, 5.74) is 4.81. The molecule has 0 saturated heterocycles. The van der Waals surface area contributed by atoms with E-state index in [4.69, 9.17) is 9.56 Å². The van der Waals surface area contributed by atoms with Crippen molar-refractivity contribution >= 4 is 32.6 Å². The van der Waals surface area contributed by atoms with Gasteiger partial charge in [0.15, 0.2) is 0 Å². The fourth-order valence-corrected chi connectivity index (χ4v) is 4.17. The summed E-state index contributed by atoms with van der Waals surface area (Å²) in [6.45, 7) is 7.95. The summed E-state index contributed by atoms with van der Waals surface area (Å²) in [6, 6.07) is 8.70. The van der Waals surface area contributed by atoms with Gasteiger partial charge in [-0.05, 0) is 60.7 Å². The van der Waals surface area contributed by atoms with Crippen LogP contribution < -0.4 is 10.5 Å². The van der Waals surface area contributed by atoms with Gasteiger partial charge in [0, 0.05) is 16.6 Å². The third-order valence-corrected chi connectivity index (χ3v) is 5.85. The van der Waals surface area contributed by atoms with Crippen LogP contribution in [0.2, 0.25) is 0 Å². The van der Waals surface area contributed by atoms with Crippen LogP contribution in [0.4, 0.5) is 5.69 Å². The van der Waals surface area contributed by atoms with E-state index in [9.17, 15) is 13.2 Å². The Morgan fingerprint density at radius 2 is 1.86 bits per heavy atom. The molecule has 3 rings (SSSR count). The highest BCUT2D eigenvalue weighted by atomic mass is 32.2. The molecule has 0 aliphatic carbocycles. The third-order valence-electron chi connectivity index (χ3n) is 4.79. The van der Waals surface area contributed by atoms with Crippen molar-refractivity contribution in [1.29, 1.82) is 0 Å². The van der Waals surface area contributed by atoms with Crippen LogP contribution in [0.3, 0.4) is 0 Å². The van der Waals surface area contributed by atoms with Crippen LogP contribution in [0.5, 0.6) is 0 Å². The SMILES string of the molecule is Cc1cc2occ(CC(=O)Nc3ccc(C)c(S(N)(=O)=O)c3)c2cc1C(C)C. The van der Waals surface area contributed by atoms with Gasteiger partial charge in [0.2, 0.25) is 15.9 Å². The van der Waals surface area contributed by atoms with Crippen LogP contribution in [-0.4, -0.2) is 14.3 Å². The molecule has 148 valence electrons. The number of hydrogen-bond donors (Lipinski definition) is 2. The van der Waals surface area contributed by atoms with Crippen LogP contribution in [-0.2, 0) is 21.2 Å². The summed E-state index contributed by atoms with van der Waals surface area (Å²) in [5, 5.41) is 8.88. The van der Waals surface area contributed by atoms with E-state index in [-0.39, 0.29) is 17.2 Å². The number of primary sulfonamides is 1. The molecule has 28 heavy (non-hydrogen) atoms. The van der Waals surface area contributed by atoms with E-state index in [1.165, 1.54) is 11.6 Å². The van der Waals surface area contributed by atoms with Crippen LogP contribution >= 0.6 is 0 Å². The van der Waals surface area contributed by atoms with Crippen molar-refractivity contribution in [3.05, 3.63) is 58.8 Å². The predicted octanol–water partition coefficient (Wildman–Crippen LogP) is 4.00. The standard InChI is InChI=1S/C21H24N2O4S/c1-12(2)17-10-18-15(11-27-19(18)7-14(17)4)8-21(24)23-16-6-5-13(3)20(9-16)28(22,25)26/h5-7,9-12H,8H2,1-4H3,(H,23,24)(H2,22,25,26). The lowest BCUT2D eigenvalue weighted by Crippen LogP contribution is -2.17. The lowest BCUT2D eigenvalue weighted by molar-refractivity contribution is -0.115. The second-order valence-electron chi connectivity index (χ2n) is 7.37. The number of furan rings is 1. The summed E-state index contributed by atoms with van der Waals surface area (Å²) in [5.74, 6) is 0.101. The monoisotopic (exact) mass is 400 g/mol. The van der Waals surface area contributed by atoms with Crippen LogP contribution in [0.1, 0.15) is 42.0 Å². The first-order valence-corrected chi connectivity index (χ1v) is 10.5. The molecule has 1 heterocycles. The molecule has 0 aliphatic rings. The van der Waals surface area contributed by atoms with E-state index in [1.807, 2.05) is 13.0 Å². The molecule has 7 heteroatoms. The number of nitrogens with one attached hydrogen (secondary N) is 1. The quantitative estimate of drug-likeness (QED) is 0.675. The zero-order valence-corrected chi connectivity index (χ0v) is 17.2. The Hall–Kier alpha value is -2.64. The second-order valence-corrected chi connectivity index (χ2v) is 8.90. The topological polar surface area (TPSA) is 102 Å². The summed E-state index contributed by atoms with van der Waals surface area (Å²) in [4.78, 5) is 12.5. The molecule has 0 saturated carbocycles. The fraction of sp³-hybridized carbons (Fsp3) is 0.286. The van der Waals surface area contributed by atoms with Crippen molar-refractivity contribution in [3.63, 3.8) is 0 Å². The van der Waals surface area contributed by atoms with Gasteiger partial charge in [-0.2, -0.15) is 0 Å². The number of hydrogen-bond acceptors (Lipinski definition) is 4. The lowest BCUT2D eigenvalue weighted by atomic mass is 9.95. The normalized spacial score (nSPS) is 11.9. The van der Waals surface area contributed by atoms with Crippen LogP contribution in [0, 0.1) is 13.8 Å². The predicted molar refractivity (Wildman–Crippen MR) is 110 cm³/mol. The minimum Gasteiger partial charge on any atom is -0.464 e. The van der Waals surface area contributed by atoms with Crippen molar-refractivity contribution in [2.45, 2.75) is 44.9 Å². The van der Waals surface area contributed by atoms with E-state index in [0.717, 1.165) is 22.1 Å². The number of carbonyl (C=O) groups excluding carboxylic acids is 1. The molecule has 3 aromatic rings. The van der Waals surface area contributed by atoms with E-state index in [1.54, 1.807) is 25.3 Å². The van der Waals surface area contributed by atoms with Crippen molar-refractivity contribution in [2.75, 3.05) is 5.32 Å². The molecule has 0 bridgehead atoms. The number of carbonyl (C=O) groups is 1. The van der Waals surface area contributed by atoms with Gasteiger partial charge < -0.3 is 9.73 Å². The molecule has 0 unspecified atom stereocenters. The number of amides is 1. The first kappa shape index (κ1) is 20.1. The summed E-state index contributed by atoms with van der Waals surface area (Å²) >= 11 is 0. The van der Waals surface area contributed by atoms with E-state index in [2.05, 4.69) is 25.2 Å². The van der Waals surface area contributed by atoms with Gasteiger partial charge in [-0.3, -0.25) is 4.79 Å². The molecule has 0 aliphatic heterocycles. The molecule has 1 amide bonds. The maximum atomic E-state index is 12.5. The van der Waals surface area contributed by atoms with Gasteiger partial charge in [-0.1, -0.05) is 19.9 Å². The maximum absolute atomic E-state index is 12.5. The molecular formula is C21H24N2O4S. The molecule has 3 N–H and O–H groups in total. The van der Waals surface area contributed by atoms with Gasteiger partial charge in [-0.15, -0.1) is 0 Å². The molecule has 1 aromatic heterocycles. The van der Waals surface area contributed by atoms with Gasteiger partial charge in [-0.25, -0.2) is 13.6 Å². The number of benzene rings is 2. The average molecular weight is 401 g/mol. The number of rotatable bonds is 5. The highest BCUT2D eigenvalue weighted by molar-refractivity contribution is 7.89. The maximum Gasteiger partial charge on any atom is 0.238 e. The molecule has 0 atom stereocenters. The smallest absolute Gasteiger partial charge is 0.238 e. The molecule has 2 aromatic carbocycles. The first-order valence-electron chi connectivity index (χ1n) is 9.00. The highest BCUT2D eigenvalue weighted by Gasteiger charge is 2.16. The lowest BCUT2D eigenvalue weighted by Gasteiger charge is -2.10. The minimum atomic E-state index is -3.85. The third kappa shape index (κ3) is 4.10. The fourth-order valence-electron chi connectivity index (χ4n) is 3.37. The Morgan fingerprint density at radius 1 is 1.14 bits per heavy atom. The van der Waals surface area contributed by atoms with Crippen molar-refractivity contribution in [2.24, 2.45) is 5.14 Å². The largest absolute Gasteiger partial charge is 0.464 e. The second kappa shape index (κ2) is 7.41. The van der Waals surface area contributed by atoms with Crippen molar-refractivity contribution in [1.82, 2.24) is 0 Å². The Balaban J connectivity index is 1.85. The van der Waals surface area contributed by atoms with Crippen molar-refractivity contribution < 1.29 is 17.6 Å². The van der Waals surface area contributed by atoms with Crippen molar-refractivity contribution in [3.8, 4) is 0 Å². The minimum absolute atomic E-state index is 0.00360. The Labute approximate surface area is 164 Å². The molecular weight excluding hydrogens is 376 g/mol. The van der Waals surface area contributed by atoms with E-state index in [0.29, 0.717) is 17.2 Å². The summed E-state index contributed by atoms with van der Waals surface area (Å²) in [7, 11) is -3.85. The Kier molecular flexibility index (Phi) is 5.32. The number of fused-ring (bicyclic) bond motifs is 1. The van der Waals surface area contributed by atoms with Crippen LogP contribution in [0.15, 0.2) is 45.9 Å². The van der Waals surface area contributed by atoms with E-state index < -0.39 is 10.0 Å². The number of sulfonamides is 1. The first-order chi connectivity index (χ1) is 13.1. The molecule has 6 nitrogen and oxygen atoms in total. The average Bonchev–Trinajstić information content (AvgIpc) is 2.96. The molecule has 0 spiro atoms. The zero-order chi connectivity index (χ0) is 20.6. The Bertz CT molecular complexity index is 1160. The summed E-state index contributed by atoms with van der Waals surface area (Å²) < 4.78 is 28.9. The van der Waals surface area contributed by atoms with E-state index >= 15 is 0 Å². The Morgan fingerprint density at radius 3 is 2.50 bits per heavy atom. The number of anilines is 1. The summed E-state index contributed by atoms with van der Waals surface area (Å²) in [6.07, 6.45) is 1.71. The molecule has 0 radical (unpaired) electrons. The van der Waals surface area contributed by atoms with Gasteiger partial charge in [0.1, 0.15) is 5.58 Å². The van der Waals surface area contributed by atoms with Crippen LogP contribution in [0.25, 0.3) is 11.0 Å². The highest BCUT2D eigenvalue weighted by Crippen LogP contribution is 2.29. The van der Waals surface area contributed by atoms with Gasteiger partial charge in [0.05, 0.1) is 17.6 Å². The van der Waals surface area contributed by atoms with Gasteiger partial charge >= 0.3 is 0 Å². The molecule has 0 fully saturated rings. The van der Waals surface area contributed by atoms with Gasteiger partial charge in [0.25, 0.3) is 0 Å². The zero-order valence-electron chi connectivity index (χ0n) is 16.4.